The molecule has 0 bridgehead atoms. The fourth-order valence-corrected chi connectivity index (χ4v) is 3.36. The number of urea groups is 1. The molecule has 2 aromatic heterocycles. The number of benzene rings is 1. The summed E-state index contributed by atoms with van der Waals surface area (Å²) in [7, 11) is 0. The molecule has 1 fully saturated rings. The number of para-hydroxylation sites is 1. The van der Waals surface area contributed by atoms with E-state index in [4.69, 9.17) is 8.94 Å². The Morgan fingerprint density at radius 3 is 2.59 bits per heavy atom. The monoisotopic (exact) mass is 366 g/mol. The molecule has 7 heteroatoms. The highest BCUT2D eigenvalue weighted by Gasteiger charge is 2.23. The highest BCUT2D eigenvalue weighted by Crippen LogP contribution is 2.26. The summed E-state index contributed by atoms with van der Waals surface area (Å²) in [6, 6.07) is 11.7. The quantitative estimate of drug-likeness (QED) is 0.761. The molecule has 0 atom stereocenters. The molecule has 1 aromatic carbocycles. The number of furan rings is 1. The number of hydrogen-bond donors (Lipinski definition) is 1. The third-order valence-corrected chi connectivity index (χ3v) is 4.89. The number of amides is 2. The van der Waals surface area contributed by atoms with Crippen molar-refractivity contribution in [3.8, 4) is 11.3 Å². The lowest BCUT2D eigenvalue weighted by molar-refractivity contribution is 0.208. The van der Waals surface area contributed by atoms with Crippen molar-refractivity contribution in [2.45, 2.75) is 13.8 Å². The number of aromatic nitrogens is 1. The average molecular weight is 366 g/mol. The average Bonchev–Trinajstić information content (AvgIpc) is 3.31. The van der Waals surface area contributed by atoms with Gasteiger partial charge in [-0.25, -0.2) is 4.79 Å². The van der Waals surface area contributed by atoms with E-state index in [9.17, 15) is 4.79 Å². The molecule has 0 saturated carbocycles. The van der Waals surface area contributed by atoms with Crippen molar-refractivity contribution in [1.29, 1.82) is 0 Å². The Morgan fingerprint density at radius 2 is 1.89 bits per heavy atom. The third kappa shape index (κ3) is 3.53. The second-order valence-electron chi connectivity index (χ2n) is 6.66. The predicted molar refractivity (Wildman–Crippen MR) is 103 cm³/mol. The number of aryl methyl sites for hydroxylation is 2. The Bertz CT molecular complexity index is 938. The molecule has 0 spiro atoms. The lowest BCUT2D eigenvalue weighted by Crippen LogP contribution is -2.50. The molecule has 140 valence electrons. The Morgan fingerprint density at radius 1 is 1.11 bits per heavy atom. The Kier molecular flexibility index (Phi) is 4.58. The van der Waals surface area contributed by atoms with Gasteiger partial charge >= 0.3 is 6.03 Å². The first kappa shape index (κ1) is 17.2. The molecular weight excluding hydrogens is 344 g/mol. The number of carbonyl (C=O) groups excluding carboxylic acids is 1. The van der Waals surface area contributed by atoms with Crippen molar-refractivity contribution in [2.24, 2.45) is 0 Å². The molecule has 1 saturated heterocycles. The van der Waals surface area contributed by atoms with Crippen LogP contribution in [0.25, 0.3) is 11.3 Å². The second-order valence-corrected chi connectivity index (χ2v) is 6.66. The van der Waals surface area contributed by atoms with Crippen LogP contribution < -0.4 is 10.2 Å². The number of piperazine rings is 1. The first-order chi connectivity index (χ1) is 13.1. The van der Waals surface area contributed by atoms with E-state index in [1.165, 1.54) is 11.3 Å². The fraction of sp³-hybridized carbons (Fsp3) is 0.300. The SMILES string of the molecule is Cc1ccccc1N1CCN(C(=O)Nc2cc(-c3ccoc3C)on2)CC1. The van der Waals surface area contributed by atoms with Crippen molar-refractivity contribution in [3.05, 3.63) is 54.0 Å². The van der Waals surface area contributed by atoms with Gasteiger partial charge in [-0.2, -0.15) is 0 Å². The number of carbonyl (C=O) groups is 1. The maximum Gasteiger partial charge on any atom is 0.323 e. The summed E-state index contributed by atoms with van der Waals surface area (Å²) < 4.78 is 10.6. The summed E-state index contributed by atoms with van der Waals surface area (Å²) in [5, 5.41) is 6.75. The molecule has 1 aliphatic heterocycles. The maximum absolute atomic E-state index is 12.5. The highest BCUT2D eigenvalue weighted by atomic mass is 16.5. The van der Waals surface area contributed by atoms with Crippen LogP contribution >= 0.6 is 0 Å². The van der Waals surface area contributed by atoms with Gasteiger partial charge in [0.1, 0.15) is 5.76 Å². The first-order valence-corrected chi connectivity index (χ1v) is 8.99. The second kappa shape index (κ2) is 7.19. The van der Waals surface area contributed by atoms with Crippen LogP contribution in [0.1, 0.15) is 11.3 Å². The van der Waals surface area contributed by atoms with Gasteiger partial charge in [0.25, 0.3) is 0 Å². The summed E-state index contributed by atoms with van der Waals surface area (Å²) in [6.45, 7) is 6.88. The summed E-state index contributed by atoms with van der Waals surface area (Å²) in [4.78, 5) is 16.6. The molecule has 4 rings (SSSR count). The lowest BCUT2D eigenvalue weighted by Gasteiger charge is -2.36. The van der Waals surface area contributed by atoms with Crippen LogP contribution in [0.4, 0.5) is 16.3 Å². The molecule has 2 amide bonds. The lowest BCUT2D eigenvalue weighted by atomic mass is 10.1. The van der Waals surface area contributed by atoms with Crippen molar-refractivity contribution in [3.63, 3.8) is 0 Å². The van der Waals surface area contributed by atoms with Gasteiger partial charge in [0.15, 0.2) is 11.6 Å². The summed E-state index contributed by atoms with van der Waals surface area (Å²) in [5.41, 5.74) is 3.31. The zero-order valence-corrected chi connectivity index (χ0v) is 15.4. The van der Waals surface area contributed by atoms with Crippen LogP contribution in [-0.2, 0) is 0 Å². The van der Waals surface area contributed by atoms with E-state index in [2.05, 4.69) is 34.4 Å². The van der Waals surface area contributed by atoms with Crippen molar-refractivity contribution in [2.75, 3.05) is 36.4 Å². The molecule has 7 nitrogen and oxygen atoms in total. The molecule has 1 N–H and O–H groups in total. The van der Waals surface area contributed by atoms with Gasteiger partial charge in [-0.05, 0) is 31.5 Å². The third-order valence-electron chi connectivity index (χ3n) is 4.89. The molecule has 3 heterocycles. The number of nitrogens with zero attached hydrogens (tertiary/aromatic N) is 3. The number of rotatable bonds is 3. The molecule has 0 unspecified atom stereocenters. The van der Waals surface area contributed by atoms with Crippen LogP contribution in [0.5, 0.6) is 0 Å². The minimum absolute atomic E-state index is 0.164. The molecule has 0 radical (unpaired) electrons. The van der Waals surface area contributed by atoms with Crippen molar-refractivity contribution < 1.29 is 13.7 Å². The van der Waals surface area contributed by atoms with Gasteiger partial charge in [-0.15, -0.1) is 0 Å². The zero-order valence-electron chi connectivity index (χ0n) is 15.4. The van der Waals surface area contributed by atoms with Crippen LogP contribution in [-0.4, -0.2) is 42.3 Å². The summed E-state index contributed by atoms with van der Waals surface area (Å²) in [5.74, 6) is 1.72. The Balaban J connectivity index is 1.36. The molecule has 0 aliphatic carbocycles. The van der Waals surface area contributed by atoms with Crippen LogP contribution in [0, 0.1) is 13.8 Å². The van der Waals surface area contributed by atoms with E-state index >= 15 is 0 Å². The van der Waals surface area contributed by atoms with Gasteiger partial charge in [0.05, 0.1) is 11.8 Å². The van der Waals surface area contributed by atoms with Gasteiger partial charge in [0.2, 0.25) is 0 Å². The van der Waals surface area contributed by atoms with E-state index in [-0.39, 0.29) is 6.03 Å². The summed E-state index contributed by atoms with van der Waals surface area (Å²) in [6.07, 6.45) is 1.60. The van der Waals surface area contributed by atoms with E-state index in [0.29, 0.717) is 24.7 Å². The molecule has 3 aromatic rings. The van der Waals surface area contributed by atoms with E-state index in [1.807, 2.05) is 25.1 Å². The Hall–Kier alpha value is -3.22. The largest absolute Gasteiger partial charge is 0.469 e. The summed E-state index contributed by atoms with van der Waals surface area (Å²) >= 11 is 0. The smallest absolute Gasteiger partial charge is 0.323 e. The molecule has 1 aliphatic rings. The molecular formula is C20H22N4O3. The van der Waals surface area contributed by atoms with Crippen LogP contribution in [0.2, 0.25) is 0 Å². The standard InChI is InChI=1S/C20H22N4O3/c1-14-5-3-4-6-17(14)23-8-10-24(11-9-23)20(25)21-19-13-18(27-22-19)16-7-12-26-15(16)2/h3-7,12-13H,8-11H2,1-2H3,(H,21,22,25). The normalized spacial score (nSPS) is 14.4. The zero-order chi connectivity index (χ0) is 18.8. The van der Waals surface area contributed by atoms with Gasteiger partial charge < -0.3 is 18.7 Å². The topological polar surface area (TPSA) is 74.8 Å². The van der Waals surface area contributed by atoms with E-state index in [0.717, 1.165) is 24.4 Å². The Labute approximate surface area is 157 Å². The van der Waals surface area contributed by atoms with Crippen molar-refractivity contribution >= 4 is 17.5 Å². The highest BCUT2D eigenvalue weighted by molar-refractivity contribution is 5.89. The molecule has 27 heavy (non-hydrogen) atoms. The van der Waals surface area contributed by atoms with Crippen molar-refractivity contribution in [1.82, 2.24) is 10.1 Å². The van der Waals surface area contributed by atoms with Gasteiger partial charge in [-0.1, -0.05) is 23.4 Å². The maximum atomic E-state index is 12.5. The predicted octanol–water partition coefficient (Wildman–Crippen LogP) is 3.91. The fourth-order valence-electron chi connectivity index (χ4n) is 3.36. The van der Waals surface area contributed by atoms with Gasteiger partial charge in [0, 0.05) is 37.9 Å². The van der Waals surface area contributed by atoms with E-state index in [1.54, 1.807) is 17.2 Å². The number of nitrogens with one attached hydrogen (secondary N) is 1. The first-order valence-electron chi connectivity index (χ1n) is 8.99. The minimum atomic E-state index is -0.164. The number of anilines is 2. The van der Waals surface area contributed by atoms with E-state index < -0.39 is 0 Å². The number of hydrogen-bond acceptors (Lipinski definition) is 5. The van der Waals surface area contributed by atoms with Crippen LogP contribution in [0.3, 0.4) is 0 Å². The van der Waals surface area contributed by atoms with Crippen LogP contribution in [0.15, 0.2) is 51.6 Å². The van der Waals surface area contributed by atoms with Gasteiger partial charge in [-0.3, -0.25) is 5.32 Å². The minimum Gasteiger partial charge on any atom is -0.469 e.